The molecule has 1 aromatic rings. The molecule has 0 bridgehead atoms. The van der Waals surface area contributed by atoms with Crippen molar-refractivity contribution in [1.29, 1.82) is 0 Å². The maximum Gasteiger partial charge on any atom is 0.180 e. The number of rotatable bonds is 9. The van der Waals surface area contributed by atoms with E-state index in [4.69, 9.17) is 10.5 Å². The molecule has 0 aromatic heterocycles. The SMILES string of the molecule is CCCCCCCCS(=O)(=O)c1cc(OC)ccc1N. The largest absolute Gasteiger partial charge is 0.497 e. The predicted molar refractivity (Wildman–Crippen MR) is 82.8 cm³/mol. The highest BCUT2D eigenvalue weighted by molar-refractivity contribution is 7.91. The van der Waals surface area contributed by atoms with Gasteiger partial charge in [-0.05, 0) is 18.6 Å². The van der Waals surface area contributed by atoms with Gasteiger partial charge in [0.15, 0.2) is 9.84 Å². The summed E-state index contributed by atoms with van der Waals surface area (Å²) in [6, 6.07) is 4.74. The zero-order valence-corrected chi connectivity index (χ0v) is 13.2. The Bertz CT molecular complexity index is 512. The molecule has 20 heavy (non-hydrogen) atoms. The van der Waals surface area contributed by atoms with E-state index in [2.05, 4.69) is 6.92 Å². The first-order chi connectivity index (χ1) is 9.51. The van der Waals surface area contributed by atoms with Gasteiger partial charge in [0, 0.05) is 6.07 Å². The Kier molecular flexibility index (Phi) is 6.85. The van der Waals surface area contributed by atoms with E-state index in [0.717, 1.165) is 12.8 Å². The van der Waals surface area contributed by atoms with E-state index in [1.165, 1.54) is 32.4 Å². The molecular weight excluding hydrogens is 274 g/mol. The second-order valence-electron chi connectivity index (χ2n) is 4.99. The first kappa shape index (κ1) is 16.8. The molecule has 0 unspecified atom stereocenters. The van der Waals surface area contributed by atoms with Gasteiger partial charge >= 0.3 is 0 Å². The summed E-state index contributed by atoms with van der Waals surface area (Å²) in [5.41, 5.74) is 6.05. The number of methoxy groups -OCH3 is 1. The first-order valence-electron chi connectivity index (χ1n) is 7.17. The number of benzene rings is 1. The van der Waals surface area contributed by atoms with Gasteiger partial charge < -0.3 is 10.5 Å². The van der Waals surface area contributed by atoms with Crippen molar-refractivity contribution < 1.29 is 13.2 Å². The lowest BCUT2D eigenvalue weighted by molar-refractivity contribution is 0.413. The minimum absolute atomic E-state index is 0.149. The van der Waals surface area contributed by atoms with Crippen molar-refractivity contribution in [3.63, 3.8) is 0 Å². The Hall–Kier alpha value is -1.23. The van der Waals surface area contributed by atoms with Crippen LogP contribution in [0.3, 0.4) is 0 Å². The summed E-state index contributed by atoms with van der Waals surface area (Å²) < 4.78 is 29.6. The fraction of sp³-hybridized carbons (Fsp3) is 0.600. The number of hydrogen-bond donors (Lipinski definition) is 1. The summed E-state index contributed by atoms with van der Waals surface area (Å²) >= 11 is 0. The molecule has 0 aliphatic rings. The van der Waals surface area contributed by atoms with Crippen LogP contribution in [0.1, 0.15) is 45.4 Å². The molecule has 5 heteroatoms. The van der Waals surface area contributed by atoms with E-state index in [0.29, 0.717) is 12.2 Å². The second-order valence-corrected chi connectivity index (χ2v) is 7.07. The van der Waals surface area contributed by atoms with Crippen LogP contribution in [0.2, 0.25) is 0 Å². The molecule has 0 aliphatic heterocycles. The van der Waals surface area contributed by atoms with E-state index in [1.807, 2.05) is 0 Å². The number of nitrogen functional groups attached to an aromatic ring is 1. The Morgan fingerprint density at radius 3 is 2.40 bits per heavy atom. The van der Waals surface area contributed by atoms with E-state index < -0.39 is 9.84 Å². The maximum atomic E-state index is 12.3. The lowest BCUT2D eigenvalue weighted by Gasteiger charge is -2.09. The third-order valence-corrected chi connectivity index (χ3v) is 5.17. The first-order valence-corrected chi connectivity index (χ1v) is 8.82. The number of sulfone groups is 1. The van der Waals surface area contributed by atoms with Gasteiger partial charge in [-0.25, -0.2) is 8.42 Å². The lowest BCUT2D eigenvalue weighted by Crippen LogP contribution is -2.09. The third kappa shape index (κ3) is 5.04. The smallest absolute Gasteiger partial charge is 0.180 e. The summed E-state index contributed by atoms with van der Waals surface area (Å²) in [6.45, 7) is 2.16. The highest BCUT2D eigenvalue weighted by Gasteiger charge is 2.18. The number of ether oxygens (including phenoxy) is 1. The molecule has 1 aromatic carbocycles. The predicted octanol–water partition coefficient (Wildman–Crippen LogP) is 3.41. The zero-order chi connectivity index (χ0) is 15.0. The van der Waals surface area contributed by atoms with Crippen LogP contribution in [0, 0.1) is 0 Å². The van der Waals surface area contributed by atoms with Gasteiger partial charge in [0.05, 0.1) is 23.4 Å². The minimum atomic E-state index is -3.32. The van der Waals surface area contributed by atoms with Gasteiger partial charge in [0.2, 0.25) is 0 Å². The molecule has 4 nitrogen and oxygen atoms in total. The number of hydrogen-bond acceptors (Lipinski definition) is 4. The van der Waals surface area contributed by atoms with Crippen molar-refractivity contribution in [2.45, 2.75) is 50.3 Å². The van der Waals surface area contributed by atoms with E-state index in [-0.39, 0.29) is 16.3 Å². The number of nitrogens with two attached hydrogens (primary N) is 1. The van der Waals surface area contributed by atoms with Gasteiger partial charge in [-0.3, -0.25) is 0 Å². The summed E-state index contributed by atoms with van der Waals surface area (Å²) in [7, 11) is -1.81. The van der Waals surface area contributed by atoms with Crippen molar-refractivity contribution in [2.24, 2.45) is 0 Å². The van der Waals surface area contributed by atoms with Crippen molar-refractivity contribution in [3.05, 3.63) is 18.2 Å². The van der Waals surface area contributed by atoms with Crippen LogP contribution in [0.5, 0.6) is 5.75 Å². The molecule has 0 amide bonds. The van der Waals surface area contributed by atoms with Gasteiger partial charge in [0.1, 0.15) is 5.75 Å². The number of anilines is 1. The fourth-order valence-corrected chi connectivity index (χ4v) is 3.62. The molecule has 114 valence electrons. The fourth-order valence-electron chi connectivity index (χ4n) is 2.09. The van der Waals surface area contributed by atoms with E-state index >= 15 is 0 Å². The van der Waals surface area contributed by atoms with Crippen LogP contribution in [0.15, 0.2) is 23.1 Å². The Labute approximate surface area is 122 Å². The molecular formula is C15H25NO3S. The van der Waals surface area contributed by atoms with Crippen LogP contribution in [0.4, 0.5) is 5.69 Å². The maximum absolute atomic E-state index is 12.3. The Morgan fingerprint density at radius 2 is 1.75 bits per heavy atom. The van der Waals surface area contributed by atoms with E-state index in [9.17, 15) is 8.42 Å². The molecule has 0 spiro atoms. The van der Waals surface area contributed by atoms with Crippen LogP contribution in [0.25, 0.3) is 0 Å². The van der Waals surface area contributed by atoms with Gasteiger partial charge in [-0.1, -0.05) is 39.0 Å². The third-order valence-electron chi connectivity index (χ3n) is 3.32. The van der Waals surface area contributed by atoms with Crippen molar-refractivity contribution in [1.82, 2.24) is 0 Å². The molecule has 2 N–H and O–H groups in total. The van der Waals surface area contributed by atoms with Crippen LogP contribution in [-0.2, 0) is 9.84 Å². The van der Waals surface area contributed by atoms with Gasteiger partial charge in [-0.2, -0.15) is 0 Å². The van der Waals surface area contributed by atoms with Crippen molar-refractivity contribution >= 4 is 15.5 Å². The standard InChI is InChI=1S/C15H25NO3S/c1-3-4-5-6-7-8-11-20(17,18)15-12-13(19-2)9-10-14(15)16/h9-10,12H,3-8,11,16H2,1-2H3. The highest BCUT2D eigenvalue weighted by Crippen LogP contribution is 2.25. The molecule has 0 heterocycles. The summed E-state index contributed by atoms with van der Waals surface area (Å²) in [5.74, 6) is 0.664. The molecule has 0 aliphatic carbocycles. The molecule has 1 rings (SSSR count). The number of unbranched alkanes of at least 4 members (excludes halogenated alkanes) is 5. The molecule has 0 fully saturated rings. The molecule has 0 saturated heterocycles. The second kappa shape index (κ2) is 8.15. The van der Waals surface area contributed by atoms with Gasteiger partial charge in [0.25, 0.3) is 0 Å². The Morgan fingerprint density at radius 1 is 1.10 bits per heavy atom. The zero-order valence-electron chi connectivity index (χ0n) is 12.4. The highest BCUT2D eigenvalue weighted by atomic mass is 32.2. The molecule has 0 radical (unpaired) electrons. The summed E-state index contributed by atoms with van der Waals surface area (Å²) in [4.78, 5) is 0.186. The normalized spacial score (nSPS) is 11.5. The monoisotopic (exact) mass is 299 g/mol. The average Bonchev–Trinajstić information content (AvgIpc) is 2.43. The van der Waals surface area contributed by atoms with Crippen LogP contribution < -0.4 is 10.5 Å². The van der Waals surface area contributed by atoms with Gasteiger partial charge in [-0.15, -0.1) is 0 Å². The quantitative estimate of drug-likeness (QED) is 0.560. The topological polar surface area (TPSA) is 69.4 Å². The van der Waals surface area contributed by atoms with E-state index in [1.54, 1.807) is 12.1 Å². The van der Waals surface area contributed by atoms with Crippen molar-refractivity contribution in [2.75, 3.05) is 18.6 Å². The molecule has 0 saturated carbocycles. The Balaban J connectivity index is 2.60. The molecule has 0 atom stereocenters. The lowest BCUT2D eigenvalue weighted by atomic mass is 10.1. The van der Waals surface area contributed by atoms with Crippen LogP contribution in [-0.4, -0.2) is 21.3 Å². The van der Waals surface area contributed by atoms with Crippen molar-refractivity contribution in [3.8, 4) is 5.75 Å². The van der Waals surface area contributed by atoms with Crippen LogP contribution >= 0.6 is 0 Å². The average molecular weight is 299 g/mol. The summed E-state index contributed by atoms with van der Waals surface area (Å²) in [6.07, 6.45) is 6.31. The minimum Gasteiger partial charge on any atom is -0.497 e. The summed E-state index contributed by atoms with van der Waals surface area (Å²) in [5, 5.41) is 0.